The van der Waals surface area contributed by atoms with Crippen molar-refractivity contribution in [2.24, 2.45) is 5.92 Å². The Morgan fingerprint density at radius 3 is 2.33 bits per heavy atom. The second kappa shape index (κ2) is 10.4. The highest BCUT2D eigenvalue weighted by molar-refractivity contribution is 6.05. The number of carbonyl (C=O) groups is 3. The van der Waals surface area contributed by atoms with E-state index >= 15 is 0 Å². The first kappa shape index (κ1) is 22.9. The number of benzene rings is 2. The molecule has 1 amide bonds. The molecule has 0 heterocycles. The van der Waals surface area contributed by atoms with Crippen molar-refractivity contribution in [1.82, 2.24) is 0 Å². The summed E-state index contributed by atoms with van der Waals surface area (Å²) < 4.78 is 16.2. The molecule has 1 N–H and O–H groups in total. The Kier molecular flexibility index (Phi) is 7.98. The van der Waals surface area contributed by atoms with Crippen LogP contribution in [-0.2, 0) is 9.53 Å². The number of ether oxygens (including phenoxy) is 3. The Bertz CT molecular complexity index is 922. The molecule has 0 aliphatic rings. The van der Waals surface area contributed by atoms with Crippen molar-refractivity contribution in [3.63, 3.8) is 0 Å². The maximum Gasteiger partial charge on any atom is 0.339 e. The summed E-state index contributed by atoms with van der Waals surface area (Å²) in [5, 5.41) is 2.63. The highest BCUT2D eigenvalue weighted by Gasteiger charge is 2.21. The largest absolute Gasteiger partial charge is 0.493 e. The van der Waals surface area contributed by atoms with Crippen LogP contribution < -0.4 is 14.8 Å². The quantitative estimate of drug-likeness (QED) is 0.491. The van der Waals surface area contributed by atoms with E-state index in [1.165, 1.54) is 27.0 Å². The molecule has 0 saturated heterocycles. The van der Waals surface area contributed by atoms with Gasteiger partial charge in [0.05, 0.1) is 25.0 Å². The molecule has 0 radical (unpaired) electrons. The lowest BCUT2D eigenvalue weighted by atomic mass is 10.1. The van der Waals surface area contributed by atoms with Crippen LogP contribution >= 0.6 is 0 Å². The van der Waals surface area contributed by atoms with Gasteiger partial charge < -0.3 is 19.5 Å². The fourth-order valence-corrected chi connectivity index (χ4v) is 2.59. The van der Waals surface area contributed by atoms with E-state index in [0.717, 1.165) is 0 Å². The monoisotopic (exact) mass is 413 g/mol. The first-order valence-corrected chi connectivity index (χ1v) is 9.65. The molecule has 7 nitrogen and oxygen atoms in total. The van der Waals surface area contributed by atoms with Gasteiger partial charge in [-0.25, -0.2) is 4.79 Å². The summed E-state index contributed by atoms with van der Waals surface area (Å²) in [7, 11) is 1.48. The zero-order valence-electron chi connectivity index (χ0n) is 17.9. The molecular weight excluding hydrogens is 386 g/mol. The van der Waals surface area contributed by atoms with Gasteiger partial charge in [-0.05, 0) is 50.1 Å². The number of anilines is 1. The molecule has 0 unspecified atom stereocenters. The van der Waals surface area contributed by atoms with E-state index in [-0.39, 0.29) is 11.3 Å². The second-order valence-electron chi connectivity index (χ2n) is 7.21. The number of esters is 1. The molecular formula is C23H27NO6. The van der Waals surface area contributed by atoms with Crippen LogP contribution in [0.1, 0.15) is 48.4 Å². The Balaban J connectivity index is 2.06. The van der Waals surface area contributed by atoms with Gasteiger partial charge in [-0.15, -0.1) is 0 Å². The lowest BCUT2D eigenvalue weighted by molar-refractivity contribution is -0.123. The van der Waals surface area contributed by atoms with Gasteiger partial charge in [0.15, 0.2) is 23.4 Å². The van der Waals surface area contributed by atoms with Crippen molar-refractivity contribution in [2.75, 3.05) is 19.0 Å². The van der Waals surface area contributed by atoms with E-state index in [4.69, 9.17) is 14.2 Å². The van der Waals surface area contributed by atoms with Crippen molar-refractivity contribution in [3.8, 4) is 11.5 Å². The first-order chi connectivity index (χ1) is 14.2. The first-order valence-electron chi connectivity index (χ1n) is 9.65. The van der Waals surface area contributed by atoms with Crippen LogP contribution in [0.15, 0.2) is 42.5 Å². The minimum atomic E-state index is -1.07. The van der Waals surface area contributed by atoms with Crippen molar-refractivity contribution < 1.29 is 28.6 Å². The summed E-state index contributed by atoms with van der Waals surface area (Å²) in [5.74, 6) is -0.131. The van der Waals surface area contributed by atoms with Crippen LogP contribution in [0.5, 0.6) is 11.5 Å². The molecule has 0 fully saturated rings. The summed E-state index contributed by atoms with van der Waals surface area (Å²) in [6.07, 6.45) is -1.07. The van der Waals surface area contributed by atoms with Crippen molar-refractivity contribution in [2.45, 2.75) is 33.8 Å². The summed E-state index contributed by atoms with van der Waals surface area (Å²) in [5.41, 5.74) is 0.977. The molecule has 2 rings (SSSR count). The highest BCUT2D eigenvalue weighted by Crippen LogP contribution is 2.29. The average molecular weight is 413 g/mol. The molecule has 0 spiro atoms. The fourth-order valence-electron chi connectivity index (χ4n) is 2.59. The number of hydrogen-bond acceptors (Lipinski definition) is 6. The van der Waals surface area contributed by atoms with E-state index in [0.29, 0.717) is 35.3 Å². The van der Waals surface area contributed by atoms with E-state index in [1.54, 1.807) is 36.4 Å². The third kappa shape index (κ3) is 6.07. The van der Waals surface area contributed by atoms with E-state index < -0.39 is 18.0 Å². The SMILES string of the molecule is COc1cc(C(=O)O[C@H](C)C(=O)Nc2ccccc2C(C)=O)ccc1OCC(C)C. The van der Waals surface area contributed by atoms with Crippen molar-refractivity contribution >= 4 is 23.3 Å². The van der Waals surface area contributed by atoms with Gasteiger partial charge in [0.25, 0.3) is 5.91 Å². The number of ketones is 1. The smallest absolute Gasteiger partial charge is 0.339 e. The fraction of sp³-hybridized carbons (Fsp3) is 0.348. The zero-order chi connectivity index (χ0) is 22.3. The molecule has 0 saturated carbocycles. The molecule has 7 heteroatoms. The van der Waals surface area contributed by atoms with E-state index in [1.807, 2.05) is 13.8 Å². The summed E-state index contributed by atoms with van der Waals surface area (Å²) >= 11 is 0. The topological polar surface area (TPSA) is 90.9 Å². The predicted octanol–water partition coefficient (Wildman–Crippen LogP) is 4.12. The van der Waals surface area contributed by atoms with Gasteiger partial charge in [-0.1, -0.05) is 26.0 Å². The zero-order valence-corrected chi connectivity index (χ0v) is 17.9. The Morgan fingerprint density at radius 1 is 1.00 bits per heavy atom. The summed E-state index contributed by atoms with van der Waals surface area (Å²) in [6.45, 7) is 7.44. The van der Waals surface area contributed by atoms with Gasteiger partial charge in [0, 0.05) is 5.56 Å². The maximum atomic E-state index is 12.5. The van der Waals surface area contributed by atoms with Crippen LogP contribution in [0.3, 0.4) is 0 Å². The second-order valence-corrected chi connectivity index (χ2v) is 7.21. The normalized spacial score (nSPS) is 11.5. The van der Waals surface area contributed by atoms with Crippen LogP contribution in [0, 0.1) is 5.92 Å². The third-order valence-electron chi connectivity index (χ3n) is 4.19. The average Bonchev–Trinajstić information content (AvgIpc) is 2.72. The lowest BCUT2D eigenvalue weighted by Gasteiger charge is -2.16. The number of para-hydroxylation sites is 1. The number of hydrogen-bond donors (Lipinski definition) is 1. The number of Topliss-reactive ketones (excluding diaryl/α,β-unsaturated/α-hetero) is 1. The molecule has 160 valence electrons. The lowest BCUT2D eigenvalue weighted by Crippen LogP contribution is -2.30. The molecule has 0 bridgehead atoms. The van der Waals surface area contributed by atoms with Crippen molar-refractivity contribution in [3.05, 3.63) is 53.6 Å². The number of nitrogens with one attached hydrogen (secondary N) is 1. The van der Waals surface area contributed by atoms with Gasteiger partial charge >= 0.3 is 5.97 Å². The molecule has 0 aromatic heterocycles. The Labute approximate surface area is 176 Å². The van der Waals surface area contributed by atoms with Gasteiger partial charge in [-0.3, -0.25) is 9.59 Å². The highest BCUT2D eigenvalue weighted by atomic mass is 16.5. The molecule has 0 aliphatic carbocycles. The van der Waals surface area contributed by atoms with Crippen LogP contribution in [0.2, 0.25) is 0 Å². The molecule has 2 aromatic carbocycles. The number of rotatable bonds is 9. The summed E-state index contributed by atoms with van der Waals surface area (Å²) in [4.78, 5) is 36.6. The molecule has 2 aromatic rings. The summed E-state index contributed by atoms with van der Waals surface area (Å²) in [6, 6.07) is 11.3. The van der Waals surface area contributed by atoms with Crippen molar-refractivity contribution in [1.29, 1.82) is 0 Å². The maximum absolute atomic E-state index is 12.5. The Morgan fingerprint density at radius 2 is 1.70 bits per heavy atom. The molecule has 1 atom stereocenters. The van der Waals surface area contributed by atoms with E-state index in [9.17, 15) is 14.4 Å². The van der Waals surface area contributed by atoms with Crippen LogP contribution in [0.4, 0.5) is 5.69 Å². The standard InChI is InChI=1S/C23H27NO6/c1-14(2)13-29-20-11-10-17(12-21(20)28-5)23(27)30-16(4)22(26)24-19-9-7-6-8-18(19)15(3)25/h6-12,14,16H,13H2,1-5H3,(H,24,26)/t16-/m1/s1. The third-order valence-corrected chi connectivity index (χ3v) is 4.19. The number of amides is 1. The minimum Gasteiger partial charge on any atom is -0.493 e. The Hall–Kier alpha value is -3.35. The number of carbonyl (C=O) groups excluding carboxylic acids is 3. The van der Waals surface area contributed by atoms with Gasteiger partial charge in [-0.2, -0.15) is 0 Å². The molecule has 0 aliphatic heterocycles. The van der Waals surface area contributed by atoms with Gasteiger partial charge in [0.1, 0.15) is 0 Å². The number of methoxy groups -OCH3 is 1. The van der Waals surface area contributed by atoms with Crippen LogP contribution in [-0.4, -0.2) is 37.5 Å². The predicted molar refractivity (Wildman–Crippen MR) is 113 cm³/mol. The van der Waals surface area contributed by atoms with E-state index in [2.05, 4.69) is 5.32 Å². The van der Waals surface area contributed by atoms with Crippen LogP contribution in [0.25, 0.3) is 0 Å². The van der Waals surface area contributed by atoms with Gasteiger partial charge in [0.2, 0.25) is 0 Å². The minimum absolute atomic E-state index is 0.178. The molecule has 30 heavy (non-hydrogen) atoms.